The van der Waals surface area contributed by atoms with Gasteiger partial charge in [-0.05, 0) is 6.07 Å². The molecule has 0 radical (unpaired) electrons. The fourth-order valence-corrected chi connectivity index (χ4v) is 1.45. The number of nitrogen functional groups attached to an aromatic ring is 1. The van der Waals surface area contributed by atoms with E-state index in [-0.39, 0.29) is 35.2 Å². The van der Waals surface area contributed by atoms with Gasteiger partial charge in [0.25, 0.3) is 5.69 Å². The summed E-state index contributed by atoms with van der Waals surface area (Å²) in [6.45, 7) is 0. The van der Waals surface area contributed by atoms with Crippen molar-refractivity contribution in [2.24, 2.45) is 0 Å². The Kier molecular flexibility index (Phi) is 3.97. The summed E-state index contributed by atoms with van der Waals surface area (Å²) in [6.07, 6.45) is 0. The second kappa shape index (κ2) is 5.86. The third kappa shape index (κ3) is 3.23. The maximum Gasteiger partial charge on any atom is 0.330 e. The molecule has 0 spiro atoms. The number of nitrogens with zero attached hydrogens (tertiary/aromatic N) is 4. The van der Waals surface area contributed by atoms with Crippen LogP contribution in [0.5, 0.6) is 23.5 Å². The van der Waals surface area contributed by atoms with Crippen molar-refractivity contribution in [3.63, 3.8) is 0 Å². The van der Waals surface area contributed by atoms with Crippen LogP contribution in [0, 0.1) is 10.1 Å². The first kappa shape index (κ1) is 14.2. The first-order chi connectivity index (χ1) is 10.0. The molecule has 10 heteroatoms. The standard InChI is InChI=1S/C11H11N5O5/c1-19-7-4-3-6(16(17)18)5-8(7)21-11-14-9(12)13-10(15-11)20-2/h3-5H,1-2H3,(H2,12,13,14,15). The maximum atomic E-state index is 10.8. The fraction of sp³-hybridized carbons (Fsp3) is 0.182. The minimum atomic E-state index is -0.561. The molecule has 0 saturated heterocycles. The molecule has 0 aliphatic heterocycles. The average molecular weight is 293 g/mol. The highest BCUT2D eigenvalue weighted by atomic mass is 16.6. The molecule has 2 aromatic rings. The van der Waals surface area contributed by atoms with Crippen LogP contribution in [0.4, 0.5) is 11.6 Å². The fourth-order valence-electron chi connectivity index (χ4n) is 1.45. The SMILES string of the molecule is COc1nc(N)nc(Oc2cc([N+](=O)[O-])ccc2OC)n1. The Hall–Kier alpha value is -3.17. The number of non-ortho nitro benzene ring substituents is 1. The number of nitro benzene ring substituents is 1. The van der Waals surface area contributed by atoms with Gasteiger partial charge >= 0.3 is 12.0 Å². The summed E-state index contributed by atoms with van der Waals surface area (Å²) in [5, 5.41) is 10.8. The summed E-state index contributed by atoms with van der Waals surface area (Å²) in [5.41, 5.74) is 5.31. The molecule has 21 heavy (non-hydrogen) atoms. The van der Waals surface area contributed by atoms with Crippen LogP contribution in [0.2, 0.25) is 0 Å². The van der Waals surface area contributed by atoms with Gasteiger partial charge in [0.2, 0.25) is 5.95 Å². The summed E-state index contributed by atoms with van der Waals surface area (Å²) < 4.78 is 15.3. The molecule has 0 fully saturated rings. The van der Waals surface area contributed by atoms with E-state index in [1.54, 1.807) is 0 Å². The van der Waals surface area contributed by atoms with Crippen LogP contribution in [-0.4, -0.2) is 34.1 Å². The Morgan fingerprint density at radius 2 is 1.81 bits per heavy atom. The molecular weight excluding hydrogens is 282 g/mol. The van der Waals surface area contributed by atoms with Crippen molar-refractivity contribution >= 4 is 11.6 Å². The predicted molar refractivity (Wildman–Crippen MR) is 70.5 cm³/mol. The summed E-state index contributed by atoms with van der Waals surface area (Å²) in [5.74, 6) is 0.235. The van der Waals surface area contributed by atoms with Crippen molar-refractivity contribution in [3.05, 3.63) is 28.3 Å². The zero-order valence-corrected chi connectivity index (χ0v) is 11.1. The number of benzene rings is 1. The molecule has 0 aliphatic carbocycles. The van der Waals surface area contributed by atoms with Gasteiger partial charge in [0.15, 0.2) is 11.5 Å². The van der Waals surface area contributed by atoms with E-state index in [1.165, 1.54) is 32.4 Å². The Labute approximate surface area is 118 Å². The Morgan fingerprint density at radius 1 is 1.10 bits per heavy atom. The van der Waals surface area contributed by atoms with Gasteiger partial charge in [-0.25, -0.2) is 0 Å². The normalized spacial score (nSPS) is 10.0. The van der Waals surface area contributed by atoms with E-state index in [0.29, 0.717) is 0 Å². The smallest absolute Gasteiger partial charge is 0.330 e. The third-order valence-electron chi connectivity index (χ3n) is 2.35. The number of hydrogen-bond acceptors (Lipinski definition) is 9. The van der Waals surface area contributed by atoms with Crippen molar-refractivity contribution in [3.8, 4) is 23.5 Å². The van der Waals surface area contributed by atoms with Crippen LogP contribution in [0.3, 0.4) is 0 Å². The van der Waals surface area contributed by atoms with Crippen LogP contribution >= 0.6 is 0 Å². The number of hydrogen-bond donors (Lipinski definition) is 1. The van der Waals surface area contributed by atoms with E-state index < -0.39 is 4.92 Å². The van der Waals surface area contributed by atoms with Gasteiger partial charge in [-0.2, -0.15) is 9.97 Å². The summed E-state index contributed by atoms with van der Waals surface area (Å²) >= 11 is 0. The molecular formula is C11H11N5O5. The molecule has 2 N–H and O–H groups in total. The number of nitro groups is 1. The molecule has 1 aromatic carbocycles. The van der Waals surface area contributed by atoms with Gasteiger partial charge in [0.05, 0.1) is 25.2 Å². The lowest BCUT2D eigenvalue weighted by Gasteiger charge is -2.09. The van der Waals surface area contributed by atoms with Crippen LogP contribution in [0.15, 0.2) is 18.2 Å². The van der Waals surface area contributed by atoms with Crippen LogP contribution < -0.4 is 19.9 Å². The van der Waals surface area contributed by atoms with E-state index in [1.807, 2.05) is 0 Å². The monoisotopic (exact) mass is 293 g/mol. The van der Waals surface area contributed by atoms with Crippen LogP contribution in [-0.2, 0) is 0 Å². The molecule has 0 bridgehead atoms. The van der Waals surface area contributed by atoms with Crippen molar-refractivity contribution in [1.82, 2.24) is 15.0 Å². The van der Waals surface area contributed by atoms with Gasteiger partial charge < -0.3 is 19.9 Å². The number of anilines is 1. The van der Waals surface area contributed by atoms with Gasteiger partial charge in [0.1, 0.15) is 0 Å². The lowest BCUT2D eigenvalue weighted by Crippen LogP contribution is -2.03. The van der Waals surface area contributed by atoms with Crippen LogP contribution in [0.1, 0.15) is 0 Å². The zero-order valence-electron chi connectivity index (χ0n) is 11.1. The molecule has 0 unspecified atom stereocenters. The first-order valence-corrected chi connectivity index (χ1v) is 5.59. The highest BCUT2D eigenvalue weighted by molar-refractivity contribution is 5.49. The lowest BCUT2D eigenvalue weighted by molar-refractivity contribution is -0.384. The first-order valence-electron chi connectivity index (χ1n) is 5.59. The number of aromatic nitrogens is 3. The minimum absolute atomic E-state index is 0.0399. The van der Waals surface area contributed by atoms with E-state index >= 15 is 0 Å². The number of ether oxygens (including phenoxy) is 3. The van der Waals surface area contributed by atoms with E-state index in [4.69, 9.17) is 19.9 Å². The van der Waals surface area contributed by atoms with Crippen molar-refractivity contribution in [2.75, 3.05) is 20.0 Å². The van der Waals surface area contributed by atoms with Crippen LogP contribution in [0.25, 0.3) is 0 Å². The Bertz CT molecular complexity index is 678. The molecule has 0 saturated carbocycles. The van der Waals surface area contributed by atoms with Gasteiger partial charge in [-0.15, -0.1) is 4.98 Å². The second-order valence-electron chi connectivity index (χ2n) is 3.66. The summed E-state index contributed by atoms with van der Waals surface area (Å²) in [6, 6.07) is 3.66. The summed E-state index contributed by atoms with van der Waals surface area (Å²) in [7, 11) is 2.75. The van der Waals surface area contributed by atoms with Crippen molar-refractivity contribution in [2.45, 2.75) is 0 Å². The Balaban J connectivity index is 2.40. The van der Waals surface area contributed by atoms with Gasteiger partial charge in [-0.3, -0.25) is 10.1 Å². The zero-order chi connectivity index (χ0) is 15.4. The minimum Gasteiger partial charge on any atom is -0.493 e. The topological polar surface area (TPSA) is 136 Å². The number of nitrogens with two attached hydrogens (primary N) is 1. The van der Waals surface area contributed by atoms with Gasteiger partial charge in [-0.1, -0.05) is 0 Å². The molecule has 0 aliphatic rings. The Morgan fingerprint density at radius 3 is 2.43 bits per heavy atom. The number of rotatable bonds is 5. The molecule has 1 heterocycles. The maximum absolute atomic E-state index is 10.8. The highest BCUT2D eigenvalue weighted by Crippen LogP contribution is 2.33. The number of methoxy groups -OCH3 is 2. The third-order valence-corrected chi connectivity index (χ3v) is 2.35. The highest BCUT2D eigenvalue weighted by Gasteiger charge is 2.15. The second-order valence-corrected chi connectivity index (χ2v) is 3.66. The molecule has 110 valence electrons. The lowest BCUT2D eigenvalue weighted by atomic mass is 10.3. The molecule has 2 rings (SSSR count). The molecule has 1 aromatic heterocycles. The van der Waals surface area contributed by atoms with Crippen molar-refractivity contribution in [1.29, 1.82) is 0 Å². The largest absolute Gasteiger partial charge is 0.493 e. The van der Waals surface area contributed by atoms with E-state index in [9.17, 15) is 10.1 Å². The van der Waals surface area contributed by atoms with Gasteiger partial charge in [0, 0.05) is 6.07 Å². The molecule has 0 atom stereocenters. The molecule has 0 amide bonds. The summed E-state index contributed by atoms with van der Waals surface area (Å²) in [4.78, 5) is 21.5. The van der Waals surface area contributed by atoms with Crippen molar-refractivity contribution < 1.29 is 19.1 Å². The van der Waals surface area contributed by atoms with E-state index in [2.05, 4.69) is 15.0 Å². The molecule has 10 nitrogen and oxygen atoms in total. The average Bonchev–Trinajstić information content (AvgIpc) is 2.46. The quantitative estimate of drug-likeness (QED) is 0.636. The predicted octanol–water partition coefficient (Wildman–Crippen LogP) is 1.17. The van der Waals surface area contributed by atoms with E-state index in [0.717, 1.165) is 0 Å².